The maximum absolute atomic E-state index is 11.5. The highest BCUT2D eigenvalue weighted by atomic mass is 16.5. The predicted molar refractivity (Wildman–Crippen MR) is 65.4 cm³/mol. The summed E-state index contributed by atoms with van der Waals surface area (Å²) in [5.74, 6) is 0.0668. The van der Waals surface area contributed by atoms with Crippen molar-refractivity contribution in [3.05, 3.63) is 0 Å². The minimum atomic E-state index is -0.0396. The van der Waals surface area contributed by atoms with Crippen molar-refractivity contribution in [1.29, 1.82) is 0 Å². The van der Waals surface area contributed by atoms with Gasteiger partial charge in [-0.2, -0.15) is 0 Å². The molecule has 0 aliphatic rings. The Bertz CT molecular complexity index is 174. The monoisotopic (exact) mass is 213 g/mol. The van der Waals surface area contributed by atoms with E-state index in [0.717, 1.165) is 38.6 Å². The summed E-state index contributed by atoms with van der Waals surface area (Å²) < 4.78 is 4.81. The Hall–Kier alpha value is -0.505. The zero-order valence-electron chi connectivity index (χ0n) is 10.6. The van der Waals surface area contributed by atoms with Crippen LogP contribution in [0, 0.1) is 5.92 Å². The molecule has 0 bridgehead atoms. The zero-order valence-corrected chi connectivity index (χ0v) is 10.6. The lowest BCUT2D eigenvalue weighted by molar-refractivity contribution is -0.139. The highest BCUT2D eigenvalue weighted by Gasteiger charge is 2.17. The summed E-state index contributed by atoms with van der Waals surface area (Å²) >= 11 is 0. The number of hydrogen-bond donors (Lipinski definition) is 0. The maximum atomic E-state index is 11.5. The molecular weight excluding hydrogens is 189 g/mol. The Labute approximate surface area is 94.6 Å². The van der Waals surface area contributed by atoms with Crippen molar-refractivity contribution in [3.8, 4) is 0 Å². The Balaban J connectivity index is 3.84. The minimum Gasteiger partial charge on any atom is -0.543 e. The van der Waals surface area contributed by atoms with E-state index in [1.807, 2.05) is 0 Å². The molecular formula is C11H24BNO2. The fourth-order valence-electron chi connectivity index (χ4n) is 1.65. The van der Waals surface area contributed by atoms with E-state index in [1.54, 1.807) is 0 Å². The van der Waals surface area contributed by atoms with Crippen molar-refractivity contribution in [2.45, 2.75) is 39.0 Å². The molecule has 0 aliphatic carbocycles. The summed E-state index contributed by atoms with van der Waals surface area (Å²) in [5.41, 5.74) is 0. The molecule has 0 saturated heterocycles. The number of nitrogens with zero attached hydrogens (tertiary/aromatic N) is 1. The van der Waals surface area contributed by atoms with Crippen LogP contribution in [-0.2, 0) is 9.45 Å². The van der Waals surface area contributed by atoms with Crippen LogP contribution in [0.3, 0.4) is 0 Å². The lowest BCUT2D eigenvalue weighted by atomic mass is 9.96. The normalized spacial score (nSPS) is 12.8. The van der Waals surface area contributed by atoms with Gasteiger partial charge in [0, 0.05) is 0 Å². The Morgan fingerprint density at radius 3 is 2.40 bits per heavy atom. The second-order valence-corrected chi connectivity index (χ2v) is 4.31. The number of carbonyl (C=O) groups excluding carboxylic acids is 1. The zero-order chi connectivity index (χ0) is 11.7. The third-order valence-corrected chi connectivity index (χ3v) is 2.60. The number of carbonyl (C=O) groups is 1. The van der Waals surface area contributed by atoms with Crippen molar-refractivity contribution in [2.75, 3.05) is 20.6 Å². The molecule has 1 atom stereocenters. The average molecular weight is 213 g/mol. The first-order chi connectivity index (χ1) is 7.11. The van der Waals surface area contributed by atoms with E-state index in [0.29, 0.717) is 0 Å². The first kappa shape index (κ1) is 14.5. The fourth-order valence-corrected chi connectivity index (χ4v) is 1.65. The second-order valence-electron chi connectivity index (χ2n) is 4.31. The van der Waals surface area contributed by atoms with Crippen molar-refractivity contribution in [3.63, 3.8) is 0 Å². The third kappa shape index (κ3) is 7.43. The minimum absolute atomic E-state index is 0.0396. The van der Waals surface area contributed by atoms with E-state index in [1.165, 1.54) is 8.05 Å². The van der Waals surface area contributed by atoms with Gasteiger partial charge in [0.1, 0.15) is 0 Å². The van der Waals surface area contributed by atoms with Crippen LogP contribution < -0.4 is 0 Å². The Kier molecular flexibility index (Phi) is 8.48. The summed E-state index contributed by atoms with van der Waals surface area (Å²) in [5, 5.41) is 0. The van der Waals surface area contributed by atoms with Gasteiger partial charge in [-0.15, -0.1) is 0 Å². The summed E-state index contributed by atoms with van der Waals surface area (Å²) in [6.07, 6.45) is 5.24. The summed E-state index contributed by atoms with van der Waals surface area (Å²) in [6.45, 7) is 3.19. The van der Waals surface area contributed by atoms with Gasteiger partial charge >= 0.3 is 8.05 Å². The molecule has 3 nitrogen and oxygen atoms in total. The first-order valence-electron chi connectivity index (χ1n) is 5.84. The topological polar surface area (TPSA) is 29.5 Å². The fraction of sp³-hybridized carbons (Fsp3) is 0.909. The highest BCUT2D eigenvalue weighted by Crippen LogP contribution is 2.16. The first-order valence-corrected chi connectivity index (χ1v) is 5.84. The molecule has 15 heavy (non-hydrogen) atoms. The second kappa shape index (κ2) is 8.78. The van der Waals surface area contributed by atoms with Crippen LogP contribution in [0.15, 0.2) is 0 Å². The van der Waals surface area contributed by atoms with Gasteiger partial charge in [0.05, 0.1) is 5.92 Å². The number of hydrogen-bond acceptors (Lipinski definition) is 3. The average Bonchev–Trinajstić information content (AvgIpc) is 2.21. The van der Waals surface area contributed by atoms with E-state index in [2.05, 4.69) is 25.9 Å². The van der Waals surface area contributed by atoms with Crippen LogP contribution in [0.25, 0.3) is 0 Å². The maximum Gasteiger partial charge on any atom is 0.325 e. The Morgan fingerprint density at radius 2 is 1.93 bits per heavy atom. The van der Waals surface area contributed by atoms with Gasteiger partial charge in [-0.05, 0) is 39.9 Å². The molecule has 0 aromatic heterocycles. The SMILES string of the molecule is BOC(=O)C(CCCC)CCCN(C)C. The quantitative estimate of drug-likeness (QED) is 0.568. The van der Waals surface area contributed by atoms with E-state index < -0.39 is 0 Å². The molecule has 0 aliphatic heterocycles. The van der Waals surface area contributed by atoms with Crippen LogP contribution in [0.1, 0.15) is 39.0 Å². The molecule has 0 rings (SSSR count). The third-order valence-electron chi connectivity index (χ3n) is 2.60. The van der Waals surface area contributed by atoms with Crippen LogP contribution in [0.4, 0.5) is 0 Å². The van der Waals surface area contributed by atoms with Gasteiger partial charge in [-0.1, -0.05) is 19.8 Å². The summed E-state index contributed by atoms with van der Waals surface area (Å²) in [7, 11) is 5.59. The largest absolute Gasteiger partial charge is 0.543 e. The van der Waals surface area contributed by atoms with E-state index >= 15 is 0 Å². The van der Waals surface area contributed by atoms with Crippen molar-refractivity contribution in [1.82, 2.24) is 4.90 Å². The van der Waals surface area contributed by atoms with Crippen LogP contribution in [0.2, 0.25) is 0 Å². The Morgan fingerprint density at radius 1 is 1.33 bits per heavy atom. The van der Waals surface area contributed by atoms with Gasteiger partial charge in [0.15, 0.2) is 0 Å². The van der Waals surface area contributed by atoms with E-state index in [4.69, 9.17) is 4.65 Å². The highest BCUT2D eigenvalue weighted by molar-refractivity contribution is 6.05. The van der Waals surface area contributed by atoms with Crippen LogP contribution >= 0.6 is 0 Å². The lowest BCUT2D eigenvalue weighted by Gasteiger charge is -2.16. The molecule has 4 heteroatoms. The molecule has 0 aromatic rings. The van der Waals surface area contributed by atoms with Crippen molar-refractivity contribution >= 4 is 14.0 Å². The van der Waals surface area contributed by atoms with Gasteiger partial charge in [0.2, 0.25) is 0 Å². The predicted octanol–water partition coefficient (Wildman–Crippen LogP) is 1.23. The van der Waals surface area contributed by atoms with E-state index in [9.17, 15) is 4.79 Å². The molecule has 0 N–H and O–H groups in total. The van der Waals surface area contributed by atoms with Crippen molar-refractivity contribution < 1.29 is 9.45 Å². The number of unbranched alkanes of at least 4 members (excludes halogenated alkanes) is 1. The molecule has 0 spiro atoms. The summed E-state index contributed by atoms with van der Waals surface area (Å²) in [4.78, 5) is 13.6. The molecule has 0 radical (unpaired) electrons. The van der Waals surface area contributed by atoms with Crippen LogP contribution in [0.5, 0.6) is 0 Å². The van der Waals surface area contributed by atoms with Crippen LogP contribution in [-0.4, -0.2) is 39.6 Å². The molecule has 0 fully saturated rings. The standard InChI is InChI=1S/C11H24BNO2/c1-4-5-7-10(11(14)15-12)8-6-9-13(2)3/h10H,4-9,12H2,1-3H3. The van der Waals surface area contributed by atoms with Gasteiger partial charge in [-0.25, -0.2) is 0 Å². The van der Waals surface area contributed by atoms with Gasteiger partial charge < -0.3 is 9.55 Å². The molecule has 0 amide bonds. The van der Waals surface area contributed by atoms with Gasteiger partial charge in [0.25, 0.3) is 5.97 Å². The van der Waals surface area contributed by atoms with E-state index in [-0.39, 0.29) is 11.9 Å². The smallest absolute Gasteiger partial charge is 0.325 e. The molecule has 0 aromatic carbocycles. The molecule has 0 saturated carbocycles. The van der Waals surface area contributed by atoms with Crippen molar-refractivity contribution in [2.24, 2.45) is 5.92 Å². The molecule has 0 heterocycles. The van der Waals surface area contributed by atoms with Gasteiger partial charge in [-0.3, -0.25) is 4.79 Å². The number of rotatable bonds is 8. The molecule has 1 unspecified atom stereocenters. The summed E-state index contributed by atoms with van der Waals surface area (Å²) in [6, 6.07) is 0. The lowest BCUT2D eigenvalue weighted by Crippen LogP contribution is -2.20. The molecule has 88 valence electrons.